The first kappa shape index (κ1) is 24.4. The quantitative estimate of drug-likeness (QED) is 0.206. The van der Waals surface area contributed by atoms with Crippen molar-refractivity contribution in [3.05, 3.63) is 158 Å². The first-order valence-electron chi connectivity index (χ1n) is 15.4. The summed E-state index contributed by atoms with van der Waals surface area (Å²) in [6, 6.07) is 56.4. The predicted molar refractivity (Wildman–Crippen MR) is 188 cm³/mol. The molecular formula is C42H26N2O. The number of benzene rings is 7. The fourth-order valence-electron chi connectivity index (χ4n) is 7.40. The van der Waals surface area contributed by atoms with Gasteiger partial charge in [0, 0.05) is 38.0 Å². The summed E-state index contributed by atoms with van der Waals surface area (Å²) < 4.78 is 11.3. The standard InChI is InChI=1S/C42H26N2O/c1-2-11-27(12-3-1)28-21-23-29(24-22-28)43-34-17-7-4-14-32(34)40-36(43)25-26-37-41(40)33-15-5-8-18-35(33)44(37)38-19-10-16-31-30-13-6-9-20-39(30)45-42(31)38/h1-26H. The van der Waals surface area contributed by atoms with Gasteiger partial charge in [0.05, 0.1) is 27.8 Å². The average molecular weight is 575 g/mol. The van der Waals surface area contributed by atoms with E-state index in [0.717, 1.165) is 38.8 Å². The Kier molecular flexibility index (Phi) is 5.00. The molecule has 0 spiro atoms. The maximum absolute atomic E-state index is 6.54. The van der Waals surface area contributed by atoms with Crippen LogP contribution in [0.3, 0.4) is 0 Å². The Balaban J connectivity index is 1.29. The van der Waals surface area contributed by atoms with E-state index in [-0.39, 0.29) is 0 Å². The highest BCUT2D eigenvalue weighted by molar-refractivity contribution is 6.29. The first-order chi connectivity index (χ1) is 22.3. The van der Waals surface area contributed by atoms with Crippen LogP contribution >= 0.6 is 0 Å². The van der Waals surface area contributed by atoms with E-state index in [1.807, 2.05) is 6.07 Å². The zero-order valence-corrected chi connectivity index (χ0v) is 24.3. The molecule has 10 aromatic rings. The highest BCUT2D eigenvalue weighted by atomic mass is 16.3. The summed E-state index contributed by atoms with van der Waals surface area (Å²) in [5, 5.41) is 7.27. The van der Waals surface area contributed by atoms with Crippen LogP contribution in [0.2, 0.25) is 0 Å². The van der Waals surface area contributed by atoms with Crippen molar-refractivity contribution in [2.75, 3.05) is 0 Å². The van der Waals surface area contributed by atoms with Crippen LogP contribution in [0.5, 0.6) is 0 Å². The second-order valence-electron chi connectivity index (χ2n) is 11.7. The smallest absolute Gasteiger partial charge is 0.159 e. The third-order valence-electron chi connectivity index (χ3n) is 9.33. The van der Waals surface area contributed by atoms with Crippen LogP contribution in [0.4, 0.5) is 0 Å². The third kappa shape index (κ3) is 3.41. The van der Waals surface area contributed by atoms with E-state index in [0.29, 0.717) is 0 Å². The molecule has 0 bridgehead atoms. The number of rotatable bonds is 3. The summed E-state index contributed by atoms with van der Waals surface area (Å²) in [6.45, 7) is 0. The third-order valence-corrected chi connectivity index (χ3v) is 9.33. The van der Waals surface area contributed by atoms with Crippen molar-refractivity contribution in [2.24, 2.45) is 0 Å². The monoisotopic (exact) mass is 574 g/mol. The Hall–Kier alpha value is -6.06. The van der Waals surface area contributed by atoms with Gasteiger partial charge in [-0.3, -0.25) is 0 Å². The van der Waals surface area contributed by atoms with Crippen LogP contribution in [0, 0.1) is 0 Å². The summed E-state index contributed by atoms with van der Waals surface area (Å²) >= 11 is 0. The average Bonchev–Trinajstić information content (AvgIpc) is 3.76. The second-order valence-corrected chi connectivity index (χ2v) is 11.7. The SMILES string of the molecule is c1ccc(-c2ccc(-n3c4ccccc4c4c5c6ccccc6n(-c6cccc7c6oc6ccccc67)c5ccc43)cc2)cc1. The van der Waals surface area contributed by atoms with E-state index in [1.54, 1.807) is 0 Å². The zero-order valence-electron chi connectivity index (χ0n) is 24.3. The van der Waals surface area contributed by atoms with Crippen LogP contribution in [0.25, 0.3) is 88.1 Å². The number of hydrogen-bond donors (Lipinski definition) is 0. The minimum atomic E-state index is 0.905. The van der Waals surface area contributed by atoms with Crippen molar-refractivity contribution >= 4 is 65.6 Å². The number of furan rings is 1. The molecular weight excluding hydrogens is 548 g/mol. The summed E-state index contributed by atoms with van der Waals surface area (Å²) in [5.41, 5.74) is 11.2. The molecule has 0 amide bonds. The van der Waals surface area contributed by atoms with Gasteiger partial charge in [-0.2, -0.15) is 0 Å². The van der Waals surface area contributed by atoms with Crippen LogP contribution in [-0.4, -0.2) is 9.13 Å². The van der Waals surface area contributed by atoms with Gasteiger partial charge in [0.15, 0.2) is 5.58 Å². The van der Waals surface area contributed by atoms with Gasteiger partial charge in [-0.25, -0.2) is 0 Å². The van der Waals surface area contributed by atoms with E-state index in [4.69, 9.17) is 4.42 Å². The van der Waals surface area contributed by atoms with Crippen molar-refractivity contribution in [1.29, 1.82) is 0 Å². The van der Waals surface area contributed by atoms with Gasteiger partial charge >= 0.3 is 0 Å². The van der Waals surface area contributed by atoms with Gasteiger partial charge in [0.2, 0.25) is 0 Å². The highest BCUT2D eigenvalue weighted by Crippen LogP contribution is 2.43. The molecule has 0 aliphatic heterocycles. The summed E-state index contributed by atoms with van der Waals surface area (Å²) in [6.07, 6.45) is 0. The van der Waals surface area contributed by atoms with E-state index < -0.39 is 0 Å². The van der Waals surface area contributed by atoms with Crippen molar-refractivity contribution in [2.45, 2.75) is 0 Å². The normalized spacial score (nSPS) is 12.0. The zero-order chi connectivity index (χ0) is 29.5. The molecule has 210 valence electrons. The largest absolute Gasteiger partial charge is 0.454 e. The number of para-hydroxylation sites is 4. The van der Waals surface area contributed by atoms with E-state index in [1.165, 1.54) is 49.2 Å². The Bertz CT molecular complexity index is 2740. The van der Waals surface area contributed by atoms with Crippen molar-refractivity contribution < 1.29 is 4.42 Å². The van der Waals surface area contributed by atoms with Gasteiger partial charge in [-0.15, -0.1) is 0 Å². The molecule has 3 aromatic heterocycles. The van der Waals surface area contributed by atoms with Crippen molar-refractivity contribution in [3.63, 3.8) is 0 Å². The van der Waals surface area contributed by atoms with Crippen LogP contribution in [-0.2, 0) is 0 Å². The summed E-state index contributed by atoms with van der Waals surface area (Å²) in [7, 11) is 0. The molecule has 0 saturated heterocycles. The molecule has 3 nitrogen and oxygen atoms in total. The van der Waals surface area contributed by atoms with Crippen molar-refractivity contribution in [3.8, 4) is 22.5 Å². The number of hydrogen-bond acceptors (Lipinski definition) is 1. The molecule has 0 saturated carbocycles. The topological polar surface area (TPSA) is 23.0 Å². The number of fused-ring (bicyclic) bond motifs is 10. The molecule has 0 radical (unpaired) electrons. The Morgan fingerprint density at radius 2 is 0.911 bits per heavy atom. The fraction of sp³-hybridized carbons (Fsp3) is 0. The summed E-state index contributed by atoms with van der Waals surface area (Å²) in [5.74, 6) is 0. The lowest BCUT2D eigenvalue weighted by Crippen LogP contribution is -1.95. The van der Waals surface area contributed by atoms with Gasteiger partial charge in [0.25, 0.3) is 0 Å². The molecule has 0 atom stereocenters. The van der Waals surface area contributed by atoms with E-state index >= 15 is 0 Å². The molecule has 3 heterocycles. The number of nitrogens with zero attached hydrogens (tertiary/aromatic N) is 2. The van der Waals surface area contributed by atoms with Gasteiger partial charge in [0.1, 0.15) is 5.58 Å². The lowest BCUT2D eigenvalue weighted by molar-refractivity contribution is 0.666. The van der Waals surface area contributed by atoms with Gasteiger partial charge in [-0.05, 0) is 59.7 Å². The lowest BCUT2D eigenvalue weighted by atomic mass is 10.1. The number of aromatic nitrogens is 2. The molecule has 0 fully saturated rings. The Morgan fingerprint density at radius 3 is 1.64 bits per heavy atom. The van der Waals surface area contributed by atoms with Crippen molar-refractivity contribution in [1.82, 2.24) is 9.13 Å². The second kappa shape index (κ2) is 9.22. The molecule has 0 N–H and O–H groups in total. The minimum absolute atomic E-state index is 0.905. The molecule has 3 heteroatoms. The van der Waals surface area contributed by atoms with Crippen LogP contribution < -0.4 is 0 Å². The Morgan fingerprint density at radius 1 is 0.356 bits per heavy atom. The lowest BCUT2D eigenvalue weighted by Gasteiger charge is -2.10. The Labute approximate surface area is 258 Å². The highest BCUT2D eigenvalue weighted by Gasteiger charge is 2.22. The minimum Gasteiger partial charge on any atom is -0.454 e. The van der Waals surface area contributed by atoms with Crippen LogP contribution in [0.15, 0.2) is 162 Å². The summed E-state index contributed by atoms with van der Waals surface area (Å²) in [4.78, 5) is 0. The molecule has 7 aromatic carbocycles. The molecule has 10 rings (SSSR count). The maximum Gasteiger partial charge on any atom is 0.159 e. The molecule has 0 unspecified atom stereocenters. The maximum atomic E-state index is 6.54. The molecule has 45 heavy (non-hydrogen) atoms. The van der Waals surface area contributed by atoms with Gasteiger partial charge < -0.3 is 13.6 Å². The molecule has 0 aliphatic rings. The predicted octanol–water partition coefficient (Wildman–Crippen LogP) is 11.4. The van der Waals surface area contributed by atoms with Gasteiger partial charge in [-0.1, -0.05) is 109 Å². The fourth-order valence-corrected chi connectivity index (χ4v) is 7.40. The van der Waals surface area contributed by atoms with E-state index in [2.05, 4.69) is 161 Å². The van der Waals surface area contributed by atoms with Crippen LogP contribution in [0.1, 0.15) is 0 Å². The molecule has 0 aliphatic carbocycles. The first-order valence-corrected chi connectivity index (χ1v) is 15.4. The van der Waals surface area contributed by atoms with E-state index in [9.17, 15) is 0 Å².